The van der Waals surface area contributed by atoms with Crippen molar-refractivity contribution in [3.63, 3.8) is 0 Å². The van der Waals surface area contributed by atoms with Crippen molar-refractivity contribution >= 4 is 12.0 Å². The first-order valence-electron chi connectivity index (χ1n) is 7.89. The first-order chi connectivity index (χ1) is 11.5. The maximum atomic E-state index is 11.9. The molecule has 6 nitrogen and oxygen atoms in total. The van der Waals surface area contributed by atoms with E-state index in [2.05, 4.69) is 12.0 Å². The van der Waals surface area contributed by atoms with Gasteiger partial charge in [0.25, 0.3) is 5.56 Å². The summed E-state index contributed by atoms with van der Waals surface area (Å²) in [5, 5.41) is 4.15. The molecule has 6 heteroatoms. The van der Waals surface area contributed by atoms with Crippen LogP contribution in [0.5, 0.6) is 11.5 Å². The number of methoxy groups -OCH3 is 1. The Labute approximate surface area is 141 Å². The Morgan fingerprint density at radius 3 is 2.71 bits per heavy atom. The van der Waals surface area contributed by atoms with Gasteiger partial charge in [-0.05, 0) is 48.7 Å². The van der Waals surface area contributed by atoms with E-state index in [-0.39, 0.29) is 5.56 Å². The van der Waals surface area contributed by atoms with Gasteiger partial charge in [0.15, 0.2) is 11.5 Å². The molecule has 0 aliphatic heterocycles. The summed E-state index contributed by atoms with van der Waals surface area (Å²) in [6.45, 7) is 4.57. The molecular weight excluding hydrogens is 306 g/mol. The lowest BCUT2D eigenvalue weighted by molar-refractivity contribution is 0.288. The van der Waals surface area contributed by atoms with Gasteiger partial charge in [-0.3, -0.25) is 4.79 Å². The Kier molecular flexibility index (Phi) is 6.01. The molecule has 1 aromatic heterocycles. The lowest BCUT2D eigenvalue weighted by atomic mass is 10.2. The monoisotopic (exact) mass is 329 g/mol. The van der Waals surface area contributed by atoms with Crippen LogP contribution in [0, 0.1) is 6.92 Å². The number of ether oxygens (including phenoxy) is 2. The topological polar surface area (TPSA) is 78.8 Å². The van der Waals surface area contributed by atoms with Crippen molar-refractivity contribution in [3.05, 3.63) is 51.8 Å². The number of benzene rings is 1. The van der Waals surface area contributed by atoms with Crippen LogP contribution in [-0.2, 0) is 0 Å². The standard InChI is InChI=1S/C18H23N3O3/c1-4-5-8-24-15-7-6-14(11-16(15)23-3)12-20-21-17(19)9-13(2)10-18(21)22/h6-7,9-12H,4-5,8,19H2,1-3H3/b20-12-. The third-order valence-electron chi connectivity index (χ3n) is 3.45. The summed E-state index contributed by atoms with van der Waals surface area (Å²) in [7, 11) is 1.59. The summed E-state index contributed by atoms with van der Waals surface area (Å²) >= 11 is 0. The van der Waals surface area contributed by atoms with Crippen molar-refractivity contribution in [3.8, 4) is 11.5 Å². The van der Waals surface area contributed by atoms with Crippen molar-refractivity contribution in [2.24, 2.45) is 5.10 Å². The number of anilines is 1. The number of rotatable bonds is 7. The predicted molar refractivity (Wildman–Crippen MR) is 96.2 cm³/mol. The van der Waals surface area contributed by atoms with E-state index in [0.717, 1.165) is 28.6 Å². The normalized spacial score (nSPS) is 11.0. The fraction of sp³-hybridized carbons (Fsp3) is 0.333. The smallest absolute Gasteiger partial charge is 0.273 e. The van der Waals surface area contributed by atoms with Crippen LogP contribution >= 0.6 is 0 Å². The number of unbranched alkanes of at least 4 members (excludes halogenated alkanes) is 1. The molecule has 24 heavy (non-hydrogen) atoms. The molecule has 0 saturated heterocycles. The molecule has 0 atom stereocenters. The molecule has 1 aromatic carbocycles. The van der Waals surface area contributed by atoms with Crippen molar-refractivity contribution in [2.45, 2.75) is 26.7 Å². The van der Waals surface area contributed by atoms with Crippen LogP contribution in [0.4, 0.5) is 5.82 Å². The van der Waals surface area contributed by atoms with Crippen molar-refractivity contribution in [1.29, 1.82) is 0 Å². The Hall–Kier alpha value is -2.76. The maximum absolute atomic E-state index is 11.9. The molecule has 0 aliphatic rings. The maximum Gasteiger partial charge on any atom is 0.273 e. The third-order valence-corrected chi connectivity index (χ3v) is 3.45. The number of nitrogens with zero attached hydrogens (tertiary/aromatic N) is 2. The second-order valence-electron chi connectivity index (χ2n) is 5.46. The number of nitrogens with two attached hydrogens (primary N) is 1. The van der Waals surface area contributed by atoms with E-state index in [1.165, 1.54) is 6.07 Å². The minimum Gasteiger partial charge on any atom is -0.493 e. The number of aryl methyl sites for hydroxylation is 1. The number of hydrogen-bond acceptors (Lipinski definition) is 5. The lowest BCUT2D eigenvalue weighted by Crippen LogP contribution is -2.19. The van der Waals surface area contributed by atoms with Crippen LogP contribution in [0.25, 0.3) is 0 Å². The van der Waals surface area contributed by atoms with E-state index in [4.69, 9.17) is 15.2 Å². The number of pyridine rings is 1. The Morgan fingerprint density at radius 1 is 1.25 bits per heavy atom. The highest BCUT2D eigenvalue weighted by Crippen LogP contribution is 2.27. The van der Waals surface area contributed by atoms with Crippen molar-refractivity contribution in [1.82, 2.24) is 4.68 Å². The number of hydrogen-bond donors (Lipinski definition) is 1. The van der Waals surface area contributed by atoms with Gasteiger partial charge < -0.3 is 15.2 Å². The summed E-state index contributed by atoms with van der Waals surface area (Å²) < 4.78 is 12.2. The van der Waals surface area contributed by atoms with Gasteiger partial charge >= 0.3 is 0 Å². The van der Waals surface area contributed by atoms with Crippen molar-refractivity contribution < 1.29 is 9.47 Å². The van der Waals surface area contributed by atoms with Gasteiger partial charge in [-0.25, -0.2) is 0 Å². The van der Waals surface area contributed by atoms with Gasteiger partial charge in [0.05, 0.1) is 19.9 Å². The quantitative estimate of drug-likeness (QED) is 0.626. The third kappa shape index (κ3) is 4.38. The zero-order valence-corrected chi connectivity index (χ0v) is 14.3. The molecule has 2 aromatic rings. The first kappa shape index (κ1) is 17.6. The van der Waals surface area contributed by atoms with Gasteiger partial charge in [0, 0.05) is 6.07 Å². The van der Waals surface area contributed by atoms with Gasteiger partial charge in [-0.15, -0.1) is 0 Å². The van der Waals surface area contributed by atoms with Gasteiger partial charge in [0.2, 0.25) is 0 Å². The SMILES string of the molecule is CCCCOc1ccc(/C=N\n2c(N)cc(C)cc2=O)cc1OC. The second kappa shape index (κ2) is 8.19. The average molecular weight is 329 g/mol. The number of nitrogen functional groups attached to an aromatic ring is 1. The average Bonchev–Trinajstić information content (AvgIpc) is 2.55. The molecule has 2 rings (SSSR count). The van der Waals surface area contributed by atoms with E-state index >= 15 is 0 Å². The van der Waals surface area contributed by atoms with Crippen LogP contribution < -0.4 is 20.8 Å². The van der Waals surface area contributed by atoms with Gasteiger partial charge in [-0.2, -0.15) is 9.78 Å². The highest BCUT2D eigenvalue weighted by molar-refractivity contribution is 5.81. The molecule has 2 N–H and O–H groups in total. The molecule has 0 spiro atoms. The fourth-order valence-corrected chi connectivity index (χ4v) is 2.18. The Balaban J connectivity index is 2.23. The van der Waals surface area contributed by atoms with E-state index in [1.54, 1.807) is 25.5 Å². The summed E-state index contributed by atoms with van der Waals surface area (Å²) in [4.78, 5) is 11.9. The van der Waals surface area contributed by atoms with Crippen LogP contribution in [0.2, 0.25) is 0 Å². The molecule has 0 aliphatic carbocycles. The first-order valence-corrected chi connectivity index (χ1v) is 7.89. The van der Waals surface area contributed by atoms with Crippen LogP contribution in [0.1, 0.15) is 30.9 Å². The summed E-state index contributed by atoms with van der Waals surface area (Å²) in [5.41, 5.74) is 7.15. The largest absolute Gasteiger partial charge is 0.493 e. The zero-order valence-electron chi connectivity index (χ0n) is 14.3. The Morgan fingerprint density at radius 2 is 2.04 bits per heavy atom. The zero-order chi connectivity index (χ0) is 17.5. The van der Waals surface area contributed by atoms with Crippen LogP contribution in [0.3, 0.4) is 0 Å². The molecule has 0 bridgehead atoms. The lowest BCUT2D eigenvalue weighted by Gasteiger charge is -2.11. The fourth-order valence-electron chi connectivity index (χ4n) is 2.18. The molecule has 0 fully saturated rings. The highest BCUT2D eigenvalue weighted by Gasteiger charge is 2.05. The predicted octanol–water partition coefficient (Wildman–Crippen LogP) is 2.81. The minimum atomic E-state index is -0.268. The molecule has 0 amide bonds. The van der Waals surface area contributed by atoms with Crippen LogP contribution in [0.15, 0.2) is 40.2 Å². The van der Waals surface area contributed by atoms with E-state index in [0.29, 0.717) is 23.9 Å². The van der Waals surface area contributed by atoms with Gasteiger partial charge in [-0.1, -0.05) is 13.3 Å². The minimum absolute atomic E-state index is 0.268. The van der Waals surface area contributed by atoms with E-state index in [9.17, 15) is 4.79 Å². The summed E-state index contributed by atoms with van der Waals surface area (Å²) in [5.74, 6) is 1.61. The molecule has 1 heterocycles. The Bertz CT molecular complexity index is 782. The highest BCUT2D eigenvalue weighted by atomic mass is 16.5. The van der Waals surface area contributed by atoms with Gasteiger partial charge in [0.1, 0.15) is 5.82 Å². The summed E-state index contributed by atoms with van der Waals surface area (Å²) in [6.07, 6.45) is 3.62. The molecule has 128 valence electrons. The molecular formula is C18H23N3O3. The van der Waals surface area contributed by atoms with E-state index < -0.39 is 0 Å². The summed E-state index contributed by atoms with van der Waals surface area (Å²) in [6, 6.07) is 8.67. The second-order valence-corrected chi connectivity index (χ2v) is 5.46. The van der Waals surface area contributed by atoms with Crippen molar-refractivity contribution in [2.75, 3.05) is 19.5 Å². The molecule has 0 radical (unpaired) electrons. The van der Waals surface area contributed by atoms with Crippen LogP contribution in [-0.4, -0.2) is 24.6 Å². The molecule has 0 saturated carbocycles. The van der Waals surface area contributed by atoms with E-state index in [1.807, 2.05) is 19.1 Å². The number of aromatic nitrogens is 1. The molecule has 0 unspecified atom stereocenters.